The molecular weight excluding hydrogens is 524 g/mol. The first-order valence-corrected chi connectivity index (χ1v) is 13.4. The van der Waals surface area contributed by atoms with Crippen molar-refractivity contribution in [2.45, 2.75) is 12.1 Å². The fourth-order valence-electron chi connectivity index (χ4n) is 3.55. The lowest BCUT2D eigenvalue weighted by Gasteiger charge is -2.13. The monoisotopic (exact) mass is 542 g/mol. The molecule has 0 fully saturated rings. The largest absolute Gasteiger partial charge is 0.339 e. The number of carbonyl (C=O) groups excluding carboxylic acids is 1. The summed E-state index contributed by atoms with van der Waals surface area (Å²) in [6.07, 6.45) is 0. The average molecular weight is 543 g/mol. The van der Waals surface area contributed by atoms with Gasteiger partial charge in [-0.15, -0.1) is 0 Å². The molecule has 0 saturated carbocycles. The Balaban J connectivity index is 1.40. The number of hydrogen-bond donors (Lipinski definition) is 2. The number of nitrogens with zero attached hydrogens (tertiary/aromatic N) is 4. The number of rotatable bonds is 7. The Morgan fingerprint density at radius 3 is 2.59 bits per heavy atom. The van der Waals surface area contributed by atoms with Gasteiger partial charge in [0, 0.05) is 16.3 Å². The van der Waals surface area contributed by atoms with Crippen molar-refractivity contribution in [3.8, 4) is 17.3 Å². The molecule has 0 aliphatic rings. The summed E-state index contributed by atoms with van der Waals surface area (Å²) in [6.45, 7) is 2.02. The van der Waals surface area contributed by atoms with E-state index < -0.39 is 0 Å². The van der Waals surface area contributed by atoms with Crippen LogP contribution in [-0.2, 0) is 4.79 Å². The number of thioether (sulfide) groups is 1. The first-order valence-electron chi connectivity index (χ1n) is 11.2. The maximum absolute atomic E-state index is 12.7. The number of halogens is 1. The maximum atomic E-state index is 12.7. The normalized spacial score (nSPS) is 10.7. The number of nitriles is 1. The number of amides is 1. The molecule has 182 valence electrons. The molecule has 5 aromatic rings. The Labute approximate surface area is 226 Å². The fraction of sp³-hybridized carbons (Fsp3) is 0.0741. The molecule has 0 radical (unpaired) electrons. The molecular formula is C27H19ClN6OS2. The molecule has 3 aromatic carbocycles. The minimum Gasteiger partial charge on any atom is -0.339 e. The van der Waals surface area contributed by atoms with Gasteiger partial charge in [-0.1, -0.05) is 71.1 Å². The third-order valence-electron chi connectivity index (χ3n) is 5.28. The van der Waals surface area contributed by atoms with E-state index in [9.17, 15) is 10.1 Å². The van der Waals surface area contributed by atoms with E-state index in [1.165, 1.54) is 23.1 Å². The molecule has 1 amide bonds. The molecule has 10 heteroatoms. The lowest BCUT2D eigenvalue weighted by molar-refractivity contribution is -0.113. The lowest BCUT2D eigenvalue weighted by Crippen LogP contribution is -2.14. The van der Waals surface area contributed by atoms with Gasteiger partial charge in [0.05, 0.1) is 21.7 Å². The molecule has 2 N–H and O–H groups in total. The van der Waals surface area contributed by atoms with Crippen LogP contribution in [0.25, 0.3) is 21.5 Å². The molecule has 2 heterocycles. The van der Waals surface area contributed by atoms with Gasteiger partial charge in [0.1, 0.15) is 11.6 Å². The average Bonchev–Trinajstić information content (AvgIpc) is 3.30. The highest BCUT2D eigenvalue weighted by Crippen LogP contribution is 2.31. The Morgan fingerprint density at radius 2 is 1.84 bits per heavy atom. The summed E-state index contributed by atoms with van der Waals surface area (Å²) in [5, 5.41) is 17.5. The van der Waals surface area contributed by atoms with E-state index >= 15 is 0 Å². The summed E-state index contributed by atoms with van der Waals surface area (Å²) in [5.74, 6) is 0.209. The number of thiazole rings is 1. The Kier molecular flexibility index (Phi) is 7.32. The summed E-state index contributed by atoms with van der Waals surface area (Å²) in [7, 11) is 0. The number of anilines is 3. The van der Waals surface area contributed by atoms with Crippen LogP contribution in [0.2, 0.25) is 5.02 Å². The molecule has 2 aromatic heterocycles. The zero-order valence-corrected chi connectivity index (χ0v) is 21.9. The van der Waals surface area contributed by atoms with Crippen molar-refractivity contribution in [2.24, 2.45) is 0 Å². The molecule has 5 rings (SSSR count). The SMILES string of the molecule is Cc1ccc2nc(NC(=O)CSc3nc(Nc4ccc(Cl)cc4)c(C#N)c(-c4ccccc4)n3)sc2c1. The van der Waals surface area contributed by atoms with E-state index in [2.05, 4.69) is 31.7 Å². The highest BCUT2D eigenvalue weighted by Gasteiger charge is 2.18. The number of hydrogen-bond acceptors (Lipinski definition) is 8. The van der Waals surface area contributed by atoms with Gasteiger partial charge in [0.2, 0.25) is 5.91 Å². The minimum atomic E-state index is -0.220. The minimum absolute atomic E-state index is 0.0788. The van der Waals surface area contributed by atoms with Crippen molar-refractivity contribution in [1.82, 2.24) is 15.0 Å². The van der Waals surface area contributed by atoms with Crippen molar-refractivity contribution in [1.29, 1.82) is 5.26 Å². The van der Waals surface area contributed by atoms with Crippen molar-refractivity contribution in [3.05, 3.63) is 88.9 Å². The fourth-order valence-corrected chi connectivity index (χ4v) is 5.30. The van der Waals surface area contributed by atoms with E-state index in [1.54, 1.807) is 24.3 Å². The van der Waals surface area contributed by atoms with Gasteiger partial charge in [-0.3, -0.25) is 4.79 Å². The second-order valence-corrected chi connectivity index (χ2v) is 10.4. The van der Waals surface area contributed by atoms with E-state index in [1.807, 2.05) is 55.5 Å². The van der Waals surface area contributed by atoms with Gasteiger partial charge in [-0.2, -0.15) is 5.26 Å². The number of fused-ring (bicyclic) bond motifs is 1. The molecule has 0 aliphatic carbocycles. The molecule has 0 spiro atoms. The first-order chi connectivity index (χ1) is 18.0. The van der Waals surface area contributed by atoms with Gasteiger partial charge in [-0.25, -0.2) is 15.0 Å². The smallest absolute Gasteiger partial charge is 0.236 e. The van der Waals surface area contributed by atoms with E-state index in [4.69, 9.17) is 11.6 Å². The third kappa shape index (κ3) is 5.89. The van der Waals surface area contributed by atoms with Crippen LogP contribution in [0, 0.1) is 18.3 Å². The maximum Gasteiger partial charge on any atom is 0.236 e. The third-order valence-corrected chi connectivity index (χ3v) is 7.31. The molecule has 37 heavy (non-hydrogen) atoms. The van der Waals surface area contributed by atoms with Gasteiger partial charge >= 0.3 is 0 Å². The quantitative estimate of drug-likeness (QED) is 0.167. The van der Waals surface area contributed by atoms with Crippen molar-refractivity contribution in [2.75, 3.05) is 16.4 Å². The summed E-state index contributed by atoms with van der Waals surface area (Å²) in [5.41, 5.74) is 4.27. The summed E-state index contributed by atoms with van der Waals surface area (Å²) in [6, 6.07) is 24.7. The van der Waals surface area contributed by atoms with E-state index in [0.717, 1.165) is 27.0 Å². The number of nitrogens with one attached hydrogen (secondary N) is 2. The molecule has 0 aliphatic heterocycles. The number of benzene rings is 3. The number of carbonyl (C=O) groups is 1. The van der Waals surface area contributed by atoms with E-state index in [0.29, 0.717) is 32.4 Å². The van der Waals surface area contributed by atoms with Crippen LogP contribution in [0.5, 0.6) is 0 Å². The molecule has 0 atom stereocenters. The Hall–Kier alpha value is -3.97. The van der Waals surface area contributed by atoms with E-state index in [-0.39, 0.29) is 11.7 Å². The molecule has 0 bridgehead atoms. The van der Waals surface area contributed by atoms with Crippen LogP contribution in [0.1, 0.15) is 11.1 Å². The van der Waals surface area contributed by atoms with Crippen molar-refractivity contribution < 1.29 is 4.79 Å². The summed E-state index contributed by atoms with van der Waals surface area (Å²) in [4.78, 5) is 26.4. The topological polar surface area (TPSA) is 104 Å². The van der Waals surface area contributed by atoms with Gasteiger partial charge in [0.25, 0.3) is 0 Å². The zero-order chi connectivity index (χ0) is 25.8. The van der Waals surface area contributed by atoms with Crippen LogP contribution in [-0.4, -0.2) is 26.6 Å². The van der Waals surface area contributed by atoms with Gasteiger partial charge < -0.3 is 10.6 Å². The standard InChI is InChI=1S/C27H19ClN6OS2/c1-16-7-12-21-22(13-16)37-27(31-21)32-23(35)15-36-26-33-24(17-5-3-2-4-6-17)20(14-29)25(34-26)30-19-10-8-18(28)9-11-19/h2-13H,15H2,1H3,(H,30,33,34)(H,31,32,35). The van der Waals surface area contributed by atoms with Crippen molar-refractivity contribution in [3.63, 3.8) is 0 Å². The second kappa shape index (κ2) is 11.0. The number of aryl methyl sites for hydroxylation is 1. The molecule has 0 unspecified atom stereocenters. The summed E-state index contributed by atoms with van der Waals surface area (Å²) < 4.78 is 1.02. The van der Waals surface area contributed by atoms with Crippen LogP contribution >= 0.6 is 34.7 Å². The van der Waals surface area contributed by atoms with Crippen LogP contribution in [0.3, 0.4) is 0 Å². The summed E-state index contributed by atoms with van der Waals surface area (Å²) >= 11 is 8.63. The molecule has 0 saturated heterocycles. The van der Waals surface area contributed by atoms with Gasteiger partial charge in [-0.05, 0) is 48.9 Å². The predicted octanol–water partition coefficient (Wildman–Crippen LogP) is 7.06. The van der Waals surface area contributed by atoms with Crippen LogP contribution in [0.15, 0.2) is 78.0 Å². The number of aromatic nitrogens is 3. The first kappa shape index (κ1) is 24.7. The Bertz CT molecular complexity index is 1630. The van der Waals surface area contributed by atoms with Crippen LogP contribution in [0.4, 0.5) is 16.6 Å². The van der Waals surface area contributed by atoms with Crippen LogP contribution < -0.4 is 10.6 Å². The predicted molar refractivity (Wildman–Crippen MR) is 151 cm³/mol. The molecule has 7 nitrogen and oxygen atoms in total. The second-order valence-electron chi connectivity index (χ2n) is 8.02. The highest BCUT2D eigenvalue weighted by molar-refractivity contribution is 7.99. The Morgan fingerprint density at radius 1 is 1.05 bits per heavy atom. The van der Waals surface area contributed by atoms with Crippen molar-refractivity contribution >= 4 is 67.5 Å². The van der Waals surface area contributed by atoms with Gasteiger partial charge in [0.15, 0.2) is 16.1 Å². The zero-order valence-electron chi connectivity index (χ0n) is 19.5. The highest BCUT2D eigenvalue weighted by atomic mass is 35.5. The lowest BCUT2D eigenvalue weighted by atomic mass is 10.1.